The summed E-state index contributed by atoms with van der Waals surface area (Å²) in [6.07, 6.45) is 1.70. The van der Waals surface area contributed by atoms with Gasteiger partial charge in [-0.1, -0.05) is 12.1 Å². The van der Waals surface area contributed by atoms with E-state index in [0.29, 0.717) is 16.3 Å². The van der Waals surface area contributed by atoms with Gasteiger partial charge in [-0.3, -0.25) is 9.19 Å². The molecular formula is C12H11BrN2OS. The standard InChI is InChI=1S/C12H11BrN2OS/c13-9-5-6-10(15-7-9)8-17(16)12-4-2-1-3-11(12)14/h1-7H,8,14H2. The Hall–Kier alpha value is -1.20. The lowest BCUT2D eigenvalue weighted by molar-refractivity contribution is 0.682. The van der Waals surface area contributed by atoms with Crippen molar-refractivity contribution in [3.63, 3.8) is 0 Å². The van der Waals surface area contributed by atoms with Crippen molar-refractivity contribution >= 4 is 32.4 Å². The summed E-state index contributed by atoms with van der Waals surface area (Å²) in [5.41, 5.74) is 7.12. The lowest BCUT2D eigenvalue weighted by Crippen LogP contribution is -2.01. The fourth-order valence-corrected chi connectivity index (χ4v) is 2.78. The van der Waals surface area contributed by atoms with Crippen LogP contribution in [0.5, 0.6) is 0 Å². The van der Waals surface area contributed by atoms with Crippen LogP contribution in [-0.2, 0) is 16.6 Å². The number of pyridine rings is 1. The Morgan fingerprint density at radius 1 is 1.24 bits per heavy atom. The lowest BCUT2D eigenvalue weighted by atomic mass is 10.3. The molecular weight excluding hydrogens is 300 g/mol. The molecule has 1 aromatic heterocycles. The zero-order chi connectivity index (χ0) is 12.3. The molecule has 2 N–H and O–H groups in total. The van der Waals surface area contributed by atoms with Crippen LogP contribution in [0.4, 0.5) is 5.69 Å². The Morgan fingerprint density at radius 3 is 2.65 bits per heavy atom. The topological polar surface area (TPSA) is 56.0 Å². The maximum atomic E-state index is 12.1. The molecule has 0 spiro atoms. The second-order valence-corrected chi connectivity index (χ2v) is 5.83. The van der Waals surface area contributed by atoms with Crippen LogP contribution in [0.15, 0.2) is 52.0 Å². The summed E-state index contributed by atoms with van der Waals surface area (Å²) in [4.78, 5) is 4.86. The summed E-state index contributed by atoms with van der Waals surface area (Å²) >= 11 is 3.31. The van der Waals surface area contributed by atoms with E-state index in [-0.39, 0.29) is 0 Å². The van der Waals surface area contributed by atoms with E-state index >= 15 is 0 Å². The third-order valence-electron chi connectivity index (χ3n) is 2.23. The predicted octanol–water partition coefficient (Wildman–Crippen LogP) is 2.73. The monoisotopic (exact) mass is 310 g/mol. The van der Waals surface area contributed by atoms with Gasteiger partial charge < -0.3 is 5.73 Å². The third-order valence-corrected chi connectivity index (χ3v) is 4.12. The summed E-state index contributed by atoms with van der Waals surface area (Å²) in [6, 6.07) is 10.9. The van der Waals surface area contributed by atoms with E-state index in [1.165, 1.54) is 0 Å². The van der Waals surface area contributed by atoms with E-state index in [1.807, 2.05) is 24.3 Å². The van der Waals surface area contributed by atoms with Gasteiger partial charge in [0, 0.05) is 16.4 Å². The minimum absolute atomic E-state index is 0.376. The van der Waals surface area contributed by atoms with Crippen LogP contribution in [0.1, 0.15) is 5.69 Å². The zero-order valence-corrected chi connectivity index (χ0v) is 11.4. The van der Waals surface area contributed by atoms with Crippen LogP contribution < -0.4 is 5.73 Å². The third kappa shape index (κ3) is 3.14. The first-order valence-electron chi connectivity index (χ1n) is 5.00. The molecule has 5 heteroatoms. The maximum Gasteiger partial charge on any atom is 0.0706 e. The fourth-order valence-electron chi connectivity index (χ4n) is 1.39. The molecule has 0 saturated carbocycles. The van der Waals surface area contributed by atoms with E-state index in [2.05, 4.69) is 20.9 Å². The van der Waals surface area contributed by atoms with Gasteiger partial charge in [-0.15, -0.1) is 0 Å². The smallest absolute Gasteiger partial charge is 0.0706 e. The predicted molar refractivity (Wildman–Crippen MR) is 72.9 cm³/mol. The number of nitrogens with zero attached hydrogens (tertiary/aromatic N) is 1. The van der Waals surface area contributed by atoms with E-state index in [9.17, 15) is 4.21 Å². The minimum atomic E-state index is -1.16. The Bertz CT molecular complexity index is 542. The average Bonchev–Trinajstić information content (AvgIpc) is 2.32. The molecule has 88 valence electrons. The first kappa shape index (κ1) is 12.3. The molecule has 1 heterocycles. The van der Waals surface area contributed by atoms with E-state index in [1.54, 1.807) is 18.3 Å². The highest BCUT2D eigenvalue weighted by atomic mass is 79.9. The number of para-hydroxylation sites is 1. The molecule has 3 nitrogen and oxygen atoms in total. The van der Waals surface area contributed by atoms with Crippen LogP contribution in [-0.4, -0.2) is 9.19 Å². The molecule has 1 unspecified atom stereocenters. The number of nitrogens with two attached hydrogens (primary N) is 1. The molecule has 0 aliphatic rings. The molecule has 0 amide bonds. The van der Waals surface area contributed by atoms with Crippen LogP contribution in [0.3, 0.4) is 0 Å². The highest BCUT2D eigenvalue weighted by Gasteiger charge is 2.08. The molecule has 0 radical (unpaired) electrons. The molecule has 2 rings (SSSR count). The Morgan fingerprint density at radius 2 is 2.00 bits per heavy atom. The van der Waals surface area contributed by atoms with Gasteiger partial charge in [0.15, 0.2) is 0 Å². The van der Waals surface area contributed by atoms with Crippen molar-refractivity contribution in [2.24, 2.45) is 0 Å². The van der Waals surface area contributed by atoms with Gasteiger partial charge in [0.2, 0.25) is 0 Å². The summed E-state index contributed by atoms with van der Waals surface area (Å²) in [5.74, 6) is 0.376. The van der Waals surface area contributed by atoms with Gasteiger partial charge in [0.05, 0.1) is 27.1 Å². The molecule has 0 aliphatic carbocycles. The Labute approximate surface area is 111 Å². The van der Waals surface area contributed by atoms with Gasteiger partial charge in [-0.05, 0) is 40.2 Å². The molecule has 17 heavy (non-hydrogen) atoms. The maximum absolute atomic E-state index is 12.1. The molecule has 0 bridgehead atoms. The second kappa shape index (κ2) is 5.42. The summed E-state index contributed by atoms with van der Waals surface area (Å²) in [5, 5.41) is 0. The molecule has 2 aromatic rings. The average molecular weight is 311 g/mol. The number of nitrogen functional groups attached to an aromatic ring is 1. The van der Waals surface area contributed by atoms with Crippen LogP contribution >= 0.6 is 15.9 Å². The van der Waals surface area contributed by atoms with Crippen molar-refractivity contribution in [1.82, 2.24) is 4.98 Å². The number of rotatable bonds is 3. The van der Waals surface area contributed by atoms with Gasteiger partial charge >= 0.3 is 0 Å². The van der Waals surface area contributed by atoms with Gasteiger partial charge in [0.25, 0.3) is 0 Å². The van der Waals surface area contributed by atoms with Crippen molar-refractivity contribution in [3.05, 3.63) is 52.8 Å². The van der Waals surface area contributed by atoms with E-state index < -0.39 is 10.8 Å². The number of halogens is 1. The quantitative estimate of drug-likeness (QED) is 0.887. The van der Waals surface area contributed by atoms with Crippen LogP contribution in [0.2, 0.25) is 0 Å². The van der Waals surface area contributed by atoms with Crippen molar-refractivity contribution in [2.45, 2.75) is 10.6 Å². The minimum Gasteiger partial charge on any atom is -0.398 e. The molecule has 0 aliphatic heterocycles. The normalized spacial score (nSPS) is 12.3. The van der Waals surface area contributed by atoms with Crippen molar-refractivity contribution in [3.8, 4) is 0 Å². The number of hydrogen-bond acceptors (Lipinski definition) is 3. The summed E-state index contributed by atoms with van der Waals surface area (Å²) < 4.78 is 13.0. The number of hydrogen-bond donors (Lipinski definition) is 1. The van der Waals surface area contributed by atoms with Crippen LogP contribution in [0.25, 0.3) is 0 Å². The molecule has 1 aromatic carbocycles. The largest absolute Gasteiger partial charge is 0.398 e. The SMILES string of the molecule is Nc1ccccc1S(=O)Cc1ccc(Br)cn1. The second-order valence-electron chi connectivity index (χ2n) is 3.50. The lowest BCUT2D eigenvalue weighted by Gasteiger charge is -2.05. The first-order valence-corrected chi connectivity index (χ1v) is 7.11. The van der Waals surface area contributed by atoms with E-state index in [0.717, 1.165) is 10.2 Å². The van der Waals surface area contributed by atoms with Crippen molar-refractivity contribution in [1.29, 1.82) is 0 Å². The number of aromatic nitrogens is 1. The zero-order valence-electron chi connectivity index (χ0n) is 8.97. The highest BCUT2D eigenvalue weighted by molar-refractivity contribution is 9.10. The van der Waals surface area contributed by atoms with Crippen molar-refractivity contribution in [2.75, 3.05) is 5.73 Å². The summed E-state index contributed by atoms with van der Waals surface area (Å²) in [7, 11) is -1.16. The highest BCUT2D eigenvalue weighted by Crippen LogP contribution is 2.18. The molecule has 1 atom stereocenters. The Kier molecular flexibility index (Phi) is 3.91. The van der Waals surface area contributed by atoms with Crippen LogP contribution in [0, 0.1) is 0 Å². The Balaban J connectivity index is 2.17. The van der Waals surface area contributed by atoms with Gasteiger partial charge in [0.1, 0.15) is 0 Å². The van der Waals surface area contributed by atoms with E-state index in [4.69, 9.17) is 5.73 Å². The van der Waals surface area contributed by atoms with Gasteiger partial charge in [-0.25, -0.2) is 0 Å². The number of benzene rings is 1. The fraction of sp³-hybridized carbons (Fsp3) is 0.0833. The molecule has 0 fully saturated rings. The van der Waals surface area contributed by atoms with Gasteiger partial charge in [-0.2, -0.15) is 0 Å². The first-order chi connectivity index (χ1) is 8.16. The molecule has 0 saturated heterocycles. The number of anilines is 1. The summed E-state index contributed by atoms with van der Waals surface area (Å²) in [6.45, 7) is 0. The van der Waals surface area contributed by atoms with Crippen molar-refractivity contribution < 1.29 is 4.21 Å².